The lowest BCUT2D eigenvalue weighted by Crippen LogP contribution is -2.14. The minimum Gasteiger partial charge on any atom is -0.459 e. The maximum absolute atomic E-state index is 12.1. The first-order valence-electron chi connectivity index (χ1n) is 6.16. The van der Waals surface area contributed by atoms with E-state index in [9.17, 15) is 4.79 Å². The third-order valence-electron chi connectivity index (χ3n) is 3.22. The average Bonchev–Trinajstić information content (AvgIpc) is 2.73. The fourth-order valence-corrected chi connectivity index (χ4v) is 3.63. The lowest BCUT2D eigenvalue weighted by Gasteiger charge is -2.12. The van der Waals surface area contributed by atoms with E-state index >= 15 is 0 Å². The zero-order chi connectivity index (χ0) is 12.6. The summed E-state index contributed by atoms with van der Waals surface area (Å²) >= 11 is 1.55. The van der Waals surface area contributed by atoms with Crippen LogP contribution in [0.5, 0.6) is 0 Å². The second-order valence-corrected chi connectivity index (χ2v) is 5.91. The van der Waals surface area contributed by atoms with Crippen LogP contribution in [0, 0.1) is 0 Å². The van der Waals surface area contributed by atoms with E-state index in [4.69, 9.17) is 10.5 Å². The van der Waals surface area contributed by atoms with E-state index in [2.05, 4.69) is 6.92 Å². The Morgan fingerprint density at radius 1 is 1.59 bits per heavy atom. The smallest absolute Gasteiger partial charge is 0.341 e. The number of fused-ring (bicyclic) bond motifs is 1. The van der Waals surface area contributed by atoms with Gasteiger partial charge in [-0.05, 0) is 44.6 Å². The van der Waals surface area contributed by atoms with Gasteiger partial charge in [-0.1, -0.05) is 6.92 Å². The van der Waals surface area contributed by atoms with Gasteiger partial charge < -0.3 is 10.5 Å². The summed E-state index contributed by atoms with van der Waals surface area (Å²) in [5.74, 6) is 0.226. The molecule has 0 aromatic carbocycles. The van der Waals surface area contributed by atoms with Crippen LogP contribution in [0.15, 0.2) is 0 Å². The molecule has 1 unspecified atom stereocenters. The number of rotatable bonds is 3. The molecule has 3 nitrogen and oxygen atoms in total. The molecular weight excluding hydrogens is 234 g/mol. The van der Waals surface area contributed by atoms with E-state index in [0.29, 0.717) is 16.5 Å². The summed E-state index contributed by atoms with van der Waals surface area (Å²) in [6.07, 6.45) is 3.15. The van der Waals surface area contributed by atoms with Gasteiger partial charge in [-0.3, -0.25) is 0 Å². The zero-order valence-electron chi connectivity index (χ0n) is 10.6. The van der Waals surface area contributed by atoms with E-state index in [-0.39, 0.29) is 12.1 Å². The predicted molar refractivity (Wildman–Crippen MR) is 70.6 cm³/mol. The highest BCUT2D eigenvalue weighted by molar-refractivity contribution is 7.16. The molecule has 0 saturated heterocycles. The number of ether oxygens (including phenoxy) is 1. The number of anilines is 1. The van der Waals surface area contributed by atoms with E-state index in [0.717, 1.165) is 19.3 Å². The minimum atomic E-state index is -0.254. The molecule has 17 heavy (non-hydrogen) atoms. The lowest BCUT2D eigenvalue weighted by atomic mass is 9.97. The Kier molecular flexibility index (Phi) is 3.43. The summed E-state index contributed by atoms with van der Waals surface area (Å²) in [5, 5.41) is 0.624. The van der Waals surface area contributed by atoms with Crippen LogP contribution in [0.2, 0.25) is 0 Å². The second-order valence-electron chi connectivity index (χ2n) is 4.78. The van der Waals surface area contributed by atoms with Crippen LogP contribution in [-0.4, -0.2) is 12.1 Å². The van der Waals surface area contributed by atoms with Crippen LogP contribution in [0.1, 0.15) is 60.3 Å². The third-order valence-corrected chi connectivity index (χ3v) is 4.31. The van der Waals surface area contributed by atoms with Gasteiger partial charge in [0.05, 0.1) is 11.7 Å². The number of nitrogen functional groups attached to an aromatic ring is 1. The van der Waals surface area contributed by atoms with Gasteiger partial charge in [-0.15, -0.1) is 11.3 Å². The third kappa shape index (κ3) is 2.18. The molecule has 2 N–H and O–H groups in total. The van der Waals surface area contributed by atoms with Crippen LogP contribution < -0.4 is 5.73 Å². The molecule has 0 bridgehead atoms. The molecule has 2 rings (SSSR count). The normalized spacial score (nSPS) is 18.5. The minimum absolute atomic E-state index is 0.0982. The number of hydrogen-bond donors (Lipinski definition) is 1. The van der Waals surface area contributed by atoms with Crippen molar-refractivity contribution < 1.29 is 9.53 Å². The van der Waals surface area contributed by atoms with Gasteiger partial charge >= 0.3 is 5.97 Å². The maximum Gasteiger partial charge on any atom is 0.341 e. The van der Waals surface area contributed by atoms with Crippen molar-refractivity contribution in [2.24, 2.45) is 0 Å². The monoisotopic (exact) mass is 253 g/mol. The molecule has 1 aromatic rings. The van der Waals surface area contributed by atoms with Crippen LogP contribution in [0.3, 0.4) is 0 Å². The Balaban J connectivity index is 2.37. The van der Waals surface area contributed by atoms with Crippen molar-refractivity contribution in [3.05, 3.63) is 16.0 Å². The highest BCUT2D eigenvalue weighted by Crippen LogP contribution is 2.45. The number of aryl methyl sites for hydroxylation is 1. The van der Waals surface area contributed by atoms with Crippen molar-refractivity contribution in [1.82, 2.24) is 0 Å². The van der Waals surface area contributed by atoms with Crippen molar-refractivity contribution in [3.63, 3.8) is 0 Å². The van der Waals surface area contributed by atoms with E-state index < -0.39 is 0 Å². The summed E-state index contributed by atoms with van der Waals surface area (Å²) in [6, 6.07) is 0. The first-order chi connectivity index (χ1) is 8.04. The molecule has 0 radical (unpaired) electrons. The van der Waals surface area contributed by atoms with Crippen LogP contribution in [0.4, 0.5) is 5.00 Å². The first-order valence-corrected chi connectivity index (χ1v) is 6.98. The molecule has 0 fully saturated rings. The molecule has 1 aliphatic rings. The molecule has 1 aliphatic carbocycles. The number of esters is 1. The molecule has 94 valence electrons. The summed E-state index contributed by atoms with van der Waals surface area (Å²) in [7, 11) is 0. The Hall–Kier alpha value is -1.03. The predicted octanol–water partition coefficient (Wildman–Crippen LogP) is 3.34. The molecule has 4 heteroatoms. The van der Waals surface area contributed by atoms with Gasteiger partial charge in [0.2, 0.25) is 0 Å². The molecule has 0 aliphatic heterocycles. The molecule has 1 heterocycles. The van der Waals surface area contributed by atoms with Gasteiger partial charge in [-0.2, -0.15) is 0 Å². The Morgan fingerprint density at radius 3 is 2.88 bits per heavy atom. The topological polar surface area (TPSA) is 52.3 Å². The van der Waals surface area contributed by atoms with E-state index in [1.165, 1.54) is 10.4 Å². The Labute approximate surface area is 106 Å². The highest BCUT2D eigenvalue weighted by atomic mass is 32.1. The van der Waals surface area contributed by atoms with Gasteiger partial charge in [0, 0.05) is 4.88 Å². The number of thiophene rings is 1. The second kappa shape index (κ2) is 4.69. The zero-order valence-corrected chi connectivity index (χ0v) is 11.4. The fraction of sp³-hybridized carbons (Fsp3) is 0.615. The molecule has 0 amide bonds. The molecular formula is C13H19NO2S. The van der Waals surface area contributed by atoms with Crippen molar-refractivity contribution in [1.29, 1.82) is 0 Å². The lowest BCUT2D eigenvalue weighted by molar-refractivity contribution is 0.0378. The van der Waals surface area contributed by atoms with Crippen LogP contribution in [-0.2, 0) is 11.2 Å². The quantitative estimate of drug-likeness (QED) is 0.841. The van der Waals surface area contributed by atoms with Gasteiger partial charge in [0.25, 0.3) is 0 Å². The molecule has 0 spiro atoms. The number of nitrogens with two attached hydrogens (primary N) is 1. The standard InChI is InChI=1S/C13H19NO2S/c1-4-8-5-6-9-10(8)11(12(14)17-9)13(15)16-7(2)3/h7-8H,4-6,14H2,1-3H3. The number of hydrogen-bond acceptors (Lipinski definition) is 4. The SMILES string of the molecule is CCC1CCc2sc(N)c(C(=O)OC(C)C)c21. The largest absolute Gasteiger partial charge is 0.459 e. The molecule has 0 saturated carbocycles. The van der Waals surface area contributed by atoms with Gasteiger partial charge in [0.15, 0.2) is 0 Å². The summed E-state index contributed by atoms with van der Waals surface area (Å²) in [6.45, 7) is 5.88. The fourth-order valence-electron chi connectivity index (χ4n) is 2.47. The van der Waals surface area contributed by atoms with Crippen molar-refractivity contribution in [2.75, 3.05) is 5.73 Å². The highest BCUT2D eigenvalue weighted by Gasteiger charge is 2.32. The van der Waals surface area contributed by atoms with Gasteiger partial charge in [-0.25, -0.2) is 4.79 Å². The number of carbonyl (C=O) groups excluding carboxylic acids is 1. The van der Waals surface area contributed by atoms with Crippen LogP contribution in [0.25, 0.3) is 0 Å². The van der Waals surface area contributed by atoms with E-state index in [1.807, 2.05) is 13.8 Å². The summed E-state index contributed by atoms with van der Waals surface area (Å²) < 4.78 is 5.28. The Bertz CT molecular complexity index is 437. The van der Waals surface area contributed by atoms with Crippen molar-refractivity contribution in [2.45, 2.75) is 52.1 Å². The van der Waals surface area contributed by atoms with Gasteiger partial charge in [0.1, 0.15) is 5.00 Å². The van der Waals surface area contributed by atoms with Crippen molar-refractivity contribution in [3.8, 4) is 0 Å². The van der Waals surface area contributed by atoms with Crippen LogP contribution >= 0.6 is 11.3 Å². The Morgan fingerprint density at radius 2 is 2.29 bits per heavy atom. The average molecular weight is 253 g/mol. The maximum atomic E-state index is 12.1. The summed E-state index contributed by atoms with van der Waals surface area (Å²) in [5.41, 5.74) is 7.77. The van der Waals surface area contributed by atoms with E-state index in [1.54, 1.807) is 11.3 Å². The molecule has 1 aromatic heterocycles. The first kappa shape index (κ1) is 12.4. The van der Waals surface area contributed by atoms with Crippen molar-refractivity contribution >= 4 is 22.3 Å². The number of carbonyl (C=O) groups is 1. The summed E-state index contributed by atoms with van der Waals surface area (Å²) in [4.78, 5) is 13.3. The molecule has 1 atom stereocenters.